The van der Waals surface area contributed by atoms with Gasteiger partial charge < -0.3 is 0 Å². The van der Waals surface area contributed by atoms with Gasteiger partial charge in [-0.3, -0.25) is 0 Å². The Hall–Kier alpha value is -0.521. The summed E-state index contributed by atoms with van der Waals surface area (Å²) < 4.78 is 0. The topological polar surface area (TPSA) is 0 Å². The molecule has 0 saturated heterocycles. The van der Waals surface area contributed by atoms with E-state index in [-0.39, 0.29) is 17.1 Å². The van der Waals surface area contributed by atoms with E-state index in [0.717, 1.165) is 12.8 Å². The Bertz CT molecular complexity index is 143. The molecule has 0 bridgehead atoms. The quantitative estimate of drug-likeness (QED) is 0.512. The standard InChI is InChI=1S/2C5H6.Fe/c2*1-2-4-5-3-1;/h2*1-4H,5H2;/q;;+2. The Morgan fingerprint density at radius 1 is 0.545 bits per heavy atom. The van der Waals surface area contributed by atoms with Gasteiger partial charge in [-0.15, -0.1) is 0 Å². The fraction of sp³-hybridized carbons (Fsp3) is 0.200. The van der Waals surface area contributed by atoms with Crippen LogP contribution in [0.1, 0.15) is 12.8 Å². The predicted molar refractivity (Wildman–Crippen MR) is 45.8 cm³/mol. The third kappa shape index (κ3) is 5.90. The van der Waals surface area contributed by atoms with Crippen LogP contribution >= 0.6 is 0 Å². The molecule has 0 unspecified atom stereocenters. The third-order valence-corrected chi connectivity index (χ3v) is 1.31. The molecule has 0 fully saturated rings. The SMILES string of the molecule is C1=CCC=C1.C1=CCC=C1.[Fe+2]. The minimum Gasteiger partial charge on any atom is -0.0808 e. The molecule has 0 spiro atoms. The van der Waals surface area contributed by atoms with E-state index in [0.29, 0.717) is 0 Å². The van der Waals surface area contributed by atoms with Gasteiger partial charge in [0.1, 0.15) is 0 Å². The molecule has 0 saturated carbocycles. The smallest absolute Gasteiger partial charge is 0.0808 e. The van der Waals surface area contributed by atoms with Crippen LogP contribution in [0.2, 0.25) is 0 Å². The number of allylic oxidation sites excluding steroid dienone is 8. The van der Waals surface area contributed by atoms with E-state index in [1.807, 2.05) is 0 Å². The van der Waals surface area contributed by atoms with Crippen molar-refractivity contribution in [1.29, 1.82) is 0 Å². The van der Waals surface area contributed by atoms with E-state index in [4.69, 9.17) is 0 Å². The first-order valence-corrected chi connectivity index (χ1v) is 3.63. The van der Waals surface area contributed by atoms with Crippen molar-refractivity contribution in [2.75, 3.05) is 0 Å². The Labute approximate surface area is 78.9 Å². The second kappa shape index (κ2) is 7.58. The maximum Gasteiger partial charge on any atom is 2.00 e. The first-order valence-electron chi connectivity index (χ1n) is 3.63. The molecular weight excluding hydrogens is 176 g/mol. The molecule has 1 heteroatoms. The molecule has 0 aromatic heterocycles. The average Bonchev–Trinajstić information content (AvgIpc) is 2.67. The van der Waals surface area contributed by atoms with Crippen molar-refractivity contribution in [3.8, 4) is 0 Å². The van der Waals surface area contributed by atoms with Gasteiger partial charge in [0.2, 0.25) is 0 Å². The summed E-state index contributed by atoms with van der Waals surface area (Å²) in [6.45, 7) is 0. The van der Waals surface area contributed by atoms with Crippen LogP contribution in [-0.4, -0.2) is 0 Å². The molecule has 0 aromatic carbocycles. The van der Waals surface area contributed by atoms with Crippen LogP contribution in [0.5, 0.6) is 0 Å². The fourth-order valence-electron chi connectivity index (χ4n) is 0.786. The van der Waals surface area contributed by atoms with Gasteiger partial charge in [-0.05, 0) is 12.8 Å². The molecule has 0 atom stereocenters. The van der Waals surface area contributed by atoms with Crippen LogP contribution < -0.4 is 0 Å². The maximum absolute atomic E-state index is 2.12. The Balaban J connectivity index is 0.000000167. The molecule has 0 amide bonds. The minimum absolute atomic E-state index is 0. The summed E-state index contributed by atoms with van der Waals surface area (Å²) in [7, 11) is 0. The molecule has 0 nitrogen and oxygen atoms in total. The number of rotatable bonds is 0. The third-order valence-electron chi connectivity index (χ3n) is 1.31. The summed E-state index contributed by atoms with van der Waals surface area (Å²) in [4.78, 5) is 0. The van der Waals surface area contributed by atoms with Crippen molar-refractivity contribution in [3.05, 3.63) is 48.6 Å². The van der Waals surface area contributed by atoms with E-state index in [1.165, 1.54) is 0 Å². The largest absolute Gasteiger partial charge is 2.00 e. The zero-order valence-corrected chi connectivity index (χ0v) is 7.49. The summed E-state index contributed by atoms with van der Waals surface area (Å²) >= 11 is 0. The zero-order chi connectivity index (χ0) is 7.07. The van der Waals surface area contributed by atoms with Crippen molar-refractivity contribution in [3.63, 3.8) is 0 Å². The molecule has 0 aromatic rings. The molecule has 0 aliphatic heterocycles. The van der Waals surface area contributed by atoms with E-state index >= 15 is 0 Å². The van der Waals surface area contributed by atoms with Gasteiger partial charge in [0, 0.05) is 0 Å². The summed E-state index contributed by atoms with van der Waals surface area (Å²) in [5.74, 6) is 0. The number of hydrogen-bond acceptors (Lipinski definition) is 0. The summed E-state index contributed by atoms with van der Waals surface area (Å²) in [6.07, 6.45) is 19.0. The first-order chi connectivity index (χ1) is 5.00. The molecule has 11 heavy (non-hydrogen) atoms. The van der Waals surface area contributed by atoms with Crippen LogP contribution in [0.4, 0.5) is 0 Å². The van der Waals surface area contributed by atoms with E-state index in [1.54, 1.807) is 0 Å². The Kier molecular flexibility index (Phi) is 7.23. The van der Waals surface area contributed by atoms with Gasteiger partial charge in [0.25, 0.3) is 0 Å². The zero-order valence-electron chi connectivity index (χ0n) is 6.39. The molecule has 0 radical (unpaired) electrons. The summed E-state index contributed by atoms with van der Waals surface area (Å²) in [5.41, 5.74) is 0. The van der Waals surface area contributed by atoms with Crippen molar-refractivity contribution in [2.24, 2.45) is 0 Å². The molecule has 0 heterocycles. The Morgan fingerprint density at radius 2 is 0.818 bits per heavy atom. The van der Waals surface area contributed by atoms with Crippen molar-refractivity contribution in [1.82, 2.24) is 0 Å². The number of hydrogen-bond donors (Lipinski definition) is 0. The maximum atomic E-state index is 2.12. The van der Waals surface area contributed by atoms with Gasteiger partial charge in [0.05, 0.1) is 0 Å². The van der Waals surface area contributed by atoms with Gasteiger partial charge in [-0.2, -0.15) is 0 Å². The molecule has 0 N–H and O–H groups in total. The monoisotopic (exact) mass is 188 g/mol. The van der Waals surface area contributed by atoms with Crippen molar-refractivity contribution >= 4 is 0 Å². The average molecular weight is 188 g/mol. The van der Waals surface area contributed by atoms with Crippen molar-refractivity contribution in [2.45, 2.75) is 12.8 Å². The van der Waals surface area contributed by atoms with Gasteiger partial charge in [-0.1, -0.05) is 48.6 Å². The summed E-state index contributed by atoms with van der Waals surface area (Å²) in [5, 5.41) is 0. The summed E-state index contributed by atoms with van der Waals surface area (Å²) in [6, 6.07) is 0. The second-order valence-corrected chi connectivity index (χ2v) is 2.18. The fourth-order valence-corrected chi connectivity index (χ4v) is 0.786. The normalized spacial score (nSPS) is 16.0. The van der Waals surface area contributed by atoms with Crippen molar-refractivity contribution < 1.29 is 17.1 Å². The Morgan fingerprint density at radius 3 is 0.909 bits per heavy atom. The van der Waals surface area contributed by atoms with Crippen LogP contribution in [-0.2, 0) is 17.1 Å². The molecular formula is C10H12Fe+2. The van der Waals surface area contributed by atoms with Gasteiger partial charge in [0.15, 0.2) is 0 Å². The van der Waals surface area contributed by atoms with E-state index in [2.05, 4.69) is 48.6 Å². The predicted octanol–water partition coefficient (Wildman–Crippen LogP) is 3.00. The van der Waals surface area contributed by atoms with Crippen LogP contribution in [0.3, 0.4) is 0 Å². The van der Waals surface area contributed by atoms with E-state index in [9.17, 15) is 0 Å². The van der Waals surface area contributed by atoms with Gasteiger partial charge >= 0.3 is 17.1 Å². The van der Waals surface area contributed by atoms with Crippen LogP contribution in [0.25, 0.3) is 0 Å². The van der Waals surface area contributed by atoms with Crippen LogP contribution in [0, 0.1) is 0 Å². The van der Waals surface area contributed by atoms with Crippen LogP contribution in [0.15, 0.2) is 48.6 Å². The molecule has 2 rings (SSSR count). The van der Waals surface area contributed by atoms with E-state index < -0.39 is 0 Å². The van der Waals surface area contributed by atoms with Gasteiger partial charge in [-0.25, -0.2) is 0 Å². The first kappa shape index (κ1) is 10.5. The molecule has 58 valence electrons. The minimum atomic E-state index is 0. The molecule has 2 aliphatic rings. The second-order valence-electron chi connectivity index (χ2n) is 2.18. The molecule has 2 aliphatic carbocycles.